The normalized spacial score (nSPS) is 10.6. The SMILES string of the molecule is CCn1cc(C(=O)Nc2nc(-c3ccc(F)cc3)cs2)cn1. The van der Waals surface area contributed by atoms with E-state index in [1.165, 1.54) is 29.7 Å². The number of amides is 1. The molecule has 2 heterocycles. The zero-order chi connectivity index (χ0) is 15.5. The number of aromatic nitrogens is 3. The summed E-state index contributed by atoms with van der Waals surface area (Å²) in [6, 6.07) is 6.07. The molecule has 0 spiro atoms. The van der Waals surface area contributed by atoms with Crippen LogP contribution in [0.3, 0.4) is 0 Å². The number of nitrogens with zero attached hydrogens (tertiary/aromatic N) is 3. The first kappa shape index (κ1) is 14.4. The number of hydrogen-bond donors (Lipinski definition) is 1. The molecule has 22 heavy (non-hydrogen) atoms. The molecule has 7 heteroatoms. The van der Waals surface area contributed by atoms with Crippen molar-refractivity contribution in [3.8, 4) is 11.3 Å². The number of thiazole rings is 1. The standard InChI is InChI=1S/C15H13FN4OS/c1-2-20-8-11(7-17-20)14(21)19-15-18-13(9-22-15)10-3-5-12(16)6-4-10/h3-9H,2H2,1H3,(H,18,19,21). The molecule has 1 N–H and O–H groups in total. The first-order chi connectivity index (χ1) is 10.7. The van der Waals surface area contributed by atoms with Gasteiger partial charge in [0, 0.05) is 23.7 Å². The summed E-state index contributed by atoms with van der Waals surface area (Å²) in [6.45, 7) is 2.66. The Bertz CT molecular complexity index is 794. The van der Waals surface area contributed by atoms with E-state index in [-0.39, 0.29) is 11.7 Å². The smallest absolute Gasteiger partial charge is 0.260 e. The molecule has 0 saturated heterocycles. The van der Waals surface area contributed by atoms with Gasteiger partial charge in [-0.2, -0.15) is 5.10 Å². The molecule has 0 aliphatic carbocycles. The van der Waals surface area contributed by atoms with Crippen LogP contribution in [0, 0.1) is 5.82 Å². The van der Waals surface area contributed by atoms with Crippen LogP contribution in [0.4, 0.5) is 9.52 Å². The molecule has 0 bridgehead atoms. The van der Waals surface area contributed by atoms with Crippen molar-refractivity contribution in [2.45, 2.75) is 13.5 Å². The Kier molecular flexibility index (Phi) is 3.97. The van der Waals surface area contributed by atoms with Gasteiger partial charge in [-0.1, -0.05) is 0 Å². The number of halogens is 1. The number of anilines is 1. The quantitative estimate of drug-likeness (QED) is 0.802. The Labute approximate surface area is 130 Å². The summed E-state index contributed by atoms with van der Waals surface area (Å²) in [4.78, 5) is 16.4. The van der Waals surface area contributed by atoms with E-state index in [0.717, 1.165) is 5.56 Å². The van der Waals surface area contributed by atoms with Gasteiger partial charge in [-0.3, -0.25) is 14.8 Å². The summed E-state index contributed by atoms with van der Waals surface area (Å²) < 4.78 is 14.6. The van der Waals surface area contributed by atoms with Crippen LogP contribution in [-0.4, -0.2) is 20.7 Å². The number of aryl methyl sites for hydroxylation is 1. The zero-order valence-corrected chi connectivity index (χ0v) is 12.6. The molecular weight excluding hydrogens is 303 g/mol. The van der Waals surface area contributed by atoms with Crippen molar-refractivity contribution >= 4 is 22.4 Å². The van der Waals surface area contributed by atoms with Gasteiger partial charge in [0.2, 0.25) is 0 Å². The third-order valence-corrected chi connectivity index (χ3v) is 3.84. The highest BCUT2D eigenvalue weighted by molar-refractivity contribution is 7.14. The summed E-state index contributed by atoms with van der Waals surface area (Å²) in [5, 5.41) is 9.11. The van der Waals surface area contributed by atoms with E-state index >= 15 is 0 Å². The average Bonchev–Trinajstić information content (AvgIpc) is 3.17. The number of carbonyl (C=O) groups excluding carboxylic acids is 1. The summed E-state index contributed by atoms with van der Waals surface area (Å²) in [6.07, 6.45) is 3.21. The lowest BCUT2D eigenvalue weighted by molar-refractivity contribution is 0.102. The Hall–Kier alpha value is -2.54. The van der Waals surface area contributed by atoms with Gasteiger partial charge in [0.25, 0.3) is 5.91 Å². The molecule has 1 aromatic carbocycles. The highest BCUT2D eigenvalue weighted by Crippen LogP contribution is 2.25. The fourth-order valence-electron chi connectivity index (χ4n) is 1.91. The fraction of sp³-hybridized carbons (Fsp3) is 0.133. The molecule has 0 unspecified atom stereocenters. The first-order valence-corrected chi connectivity index (χ1v) is 7.59. The third-order valence-electron chi connectivity index (χ3n) is 3.08. The second kappa shape index (κ2) is 6.07. The van der Waals surface area contributed by atoms with Crippen molar-refractivity contribution in [1.82, 2.24) is 14.8 Å². The molecule has 2 aromatic heterocycles. The molecule has 3 rings (SSSR count). The van der Waals surface area contributed by atoms with Gasteiger partial charge in [0.05, 0.1) is 17.5 Å². The number of nitrogens with one attached hydrogen (secondary N) is 1. The Morgan fingerprint density at radius 1 is 1.36 bits per heavy atom. The molecule has 1 amide bonds. The molecule has 0 aliphatic heterocycles. The fourth-order valence-corrected chi connectivity index (χ4v) is 2.62. The number of carbonyl (C=O) groups is 1. The van der Waals surface area contributed by atoms with Gasteiger partial charge < -0.3 is 0 Å². The van der Waals surface area contributed by atoms with Gasteiger partial charge in [-0.25, -0.2) is 9.37 Å². The minimum Gasteiger partial charge on any atom is -0.298 e. The topological polar surface area (TPSA) is 59.8 Å². The van der Waals surface area contributed by atoms with Crippen LogP contribution in [0.25, 0.3) is 11.3 Å². The second-order valence-corrected chi connectivity index (χ2v) is 5.44. The minimum absolute atomic E-state index is 0.250. The lowest BCUT2D eigenvalue weighted by Gasteiger charge is -1.98. The van der Waals surface area contributed by atoms with Crippen molar-refractivity contribution in [3.05, 3.63) is 53.4 Å². The summed E-state index contributed by atoms with van der Waals surface area (Å²) in [5.41, 5.74) is 1.99. The van der Waals surface area contributed by atoms with Crippen molar-refractivity contribution in [2.75, 3.05) is 5.32 Å². The Morgan fingerprint density at radius 3 is 2.82 bits per heavy atom. The van der Waals surface area contributed by atoms with Crippen LogP contribution in [-0.2, 0) is 6.54 Å². The first-order valence-electron chi connectivity index (χ1n) is 6.71. The van der Waals surface area contributed by atoms with E-state index in [0.29, 0.717) is 22.9 Å². The molecular formula is C15H13FN4OS. The lowest BCUT2D eigenvalue weighted by Crippen LogP contribution is -2.10. The van der Waals surface area contributed by atoms with Gasteiger partial charge in [-0.05, 0) is 31.2 Å². The van der Waals surface area contributed by atoms with Gasteiger partial charge in [0.15, 0.2) is 5.13 Å². The molecule has 0 aliphatic rings. The molecule has 3 aromatic rings. The zero-order valence-electron chi connectivity index (χ0n) is 11.8. The van der Waals surface area contributed by atoms with E-state index < -0.39 is 0 Å². The predicted octanol–water partition coefficient (Wildman–Crippen LogP) is 3.42. The van der Waals surface area contributed by atoms with Gasteiger partial charge in [-0.15, -0.1) is 11.3 Å². The monoisotopic (exact) mass is 316 g/mol. The van der Waals surface area contributed by atoms with E-state index in [1.54, 1.807) is 23.0 Å². The van der Waals surface area contributed by atoms with Crippen molar-refractivity contribution in [3.63, 3.8) is 0 Å². The van der Waals surface area contributed by atoms with E-state index in [4.69, 9.17) is 0 Å². The van der Waals surface area contributed by atoms with Crippen LogP contribution in [0.15, 0.2) is 42.0 Å². The molecule has 0 atom stereocenters. The highest BCUT2D eigenvalue weighted by atomic mass is 32.1. The Balaban J connectivity index is 1.73. The number of benzene rings is 1. The lowest BCUT2D eigenvalue weighted by atomic mass is 10.2. The van der Waals surface area contributed by atoms with Crippen LogP contribution in [0.5, 0.6) is 0 Å². The van der Waals surface area contributed by atoms with Crippen LogP contribution in [0.1, 0.15) is 17.3 Å². The molecule has 5 nitrogen and oxygen atoms in total. The van der Waals surface area contributed by atoms with Crippen molar-refractivity contribution in [2.24, 2.45) is 0 Å². The maximum Gasteiger partial charge on any atom is 0.260 e. The summed E-state index contributed by atoms with van der Waals surface area (Å²) in [7, 11) is 0. The van der Waals surface area contributed by atoms with Crippen molar-refractivity contribution in [1.29, 1.82) is 0 Å². The van der Waals surface area contributed by atoms with Gasteiger partial charge in [0.1, 0.15) is 5.82 Å². The van der Waals surface area contributed by atoms with E-state index in [9.17, 15) is 9.18 Å². The maximum absolute atomic E-state index is 12.9. The molecule has 0 fully saturated rings. The minimum atomic E-state index is -0.291. The van der Waals surface area contributed by atoms with Gasteiger partial charge >= 0.3 is 0 Å². The molecule has 112 valence electrons. The van der Waals surface area contributed by atoms with Crippen LogP contribution >= 0.6 is 11.3 Å². The summed E-state index contributed by atoms with van der Waals surface area (Å²) >= 11 is 1.32. The second-order valence-electron chi connectivity index (χ2n) is 4.58. The largest absolute Gasteiger partial charge is 0.298 e. The number of hydrogen-bond acceptors (Lipinski definition) is 4. The van der Waals surface area contributed by atoms with E-state index in [2.05, 4.69) is 15.4 Å². The van der Waals surface area contributed by atoms with E-state index in [1.807, 2.05) is 12.3 Å². The molecule has 0 radical (unpaired) electrons. The third kappa shape index (κ3) is 3.04. The van der Waals surface area contributed by atoms with Crippen LogP contribution < -0.4 is 5.32 Å². The van der Waals surface area contributed by atoms with Crippen LogP contribution in [0.2, 0.25) is 0 Å². The molecule has 0 saturated carbocycles. The Morgan fingerprint density at radius 2 is 2.14 bits per heavy atom. The number of rotatable bonds is 4. The maximum atomic E-state index is 12.9. The highest BCUT2D eigenvalue weighted by Gasteiger charge is 2.11. The summed E-state index contributed by atoms with van der Waals surface area (Å²) in [5.74, 6) is -0.542. The predicted molar refractivity (Wildman–Crippen MR) is 83.4 cm³/mol. The average molecular weight is 316 g/mol. The van der Waals surface area contributed by atoms with Crippen molar-refractivity contribution < 1.29 is 9.18 Å².